The maximum atomic E-state index is 13.8. The number of nitrogens with zero attached hydrogens (tertiary/aromatic N) is 3. The lowest BCUT2D eigenvalue weighted by atomic mass is 10.3. The van der Waals surface area contributed by atoms with Crippen LogP contribution in [-0.2, 0) is 0 Å². The van der Waals surface area contributed by atoms with E-state index in [4.69, 9.17) is 10.6 Å². The number of hydrazine groups is 1. The number of benzene rings is 1. The first kappa shape index (κ1) is 15.4. The molecule has 0 bridgehead atoms. The summed E-state index contributed by atoms with van der Waals surface area (Å²) in [6.45, 7) is 3.67. The summed E-state index contributed by atoms with van der Waals surface area (Å²) >= 11 is 3.25. The number of hydrogen-bond acceptors (Lipinski definition) is 7. The molecule has 0 aliphatic rings. The zero-order valence-electron chi connectivity index (χ0n) is 11.4. The van der Waals surface area contributed by atoms with Gasteiger partial charge in [0, 0.05) is 4.47 Å². The van der Waals surface area contributed by atoms with Gasteiger partial charge in [-0.25, -0.2) is 10.2 Å². The van der Waals surface area contributed by atoms with Gasteiger partial charge in [-0.3, -0.25) is 5.43 Å². The molecule has 0 unspecified atom stereocenters. The Labute approximate surface area is 129 Å². The molecule has 1 aromatic heterocycles. The Morgan fingerprint density at radius 1 is 1.24 bits per heavy atom. The van der Waals surface area contributed by atoms with Crippen LogP contribution in [0.2, 0.25) is 0 Å². The molecule has 0 radical (unpaired) electrons. The Morgan fingerprint density at radius 2 is 1.95 bits per heavy atom. The summed E-state index contributed by atoms with van der Waals surface area (Å²) in [4.78, 5) is 12.0. The van der Waals surface area contributed by atoms with Crippen molar-refractivity contribution >= 4 is 33.5 Å². The summed E-state index contributed by atoms with van der Waals surface area (Å²) in [5.41, 5.74) is 2.52. The first-order valence-corrected chi connectivity index (χ1v) is 6.89. The number of nitrogen functional groups attached to an aromatic ring is 1. The zero-order valence-corrected chi connectivity index (χ0v) is 13.0. The smallest absolute Gasteiger partial charge is 0.323 e. The lowest BCUT2D eigenvalue weighted by Gasteiger charge is -2.12. The molecule has 1 heterocycles. The highest BCUT2D eigenvalue weighted by atomic mass is 79.9. The van der Waals surface area contributed by atoms with Crippen molar-refractivity contribution in [3.8, 4) is 6.01 Å². The number of anilines is 3. The number of halogens is 2. The van der Waals surface area contributed by atoms with Gasteiger partial charge >= 0.3 is 6.01 Å². The van der Waals surface area contributed by atoms with Gasteiger partial charge in [-0.2, -0.15) is 15.0 Å². The van der Waals surface area contributed by atoms with Gasteiger partial charge in [0.05, 0.1) is 11.8 Å². The quantitative estimate of drug-likeness (QED) is 0.559. The monoisotopic (exact) mass is 356 g/mol. The number of nitrogens with one attached hydrogen (secondary N) is 2. The van der Waals surface area contributed by atoms with Crippen molar-refractivity contribution < 1.29 is 9.13 Å². The lowest BCUT2D eigenvalue weighted by Crippen LogP contribution is -2.15. The second-order valence-corrected chi connectivity index (χ2v) is 5.15. The van der Waals surface area contributed by atoms with Crippen LogP contribution in [-0.4, -0.2) is 21.1 Å². The van der Waals surface area contributed by atoms with Gasteiger partial charge in [0.2, 0.25) is 11.9 Å². The zero-order chi connectivity index (χ0) is 15.4. The molecule has 0 amide bonds. The van der Waals surface area contributed by atoms with E-state index in [9.17, 15) is 4.39 Å². The van der Waals surface area contributed by atoms with E-state index in [1.165, 1.54) is 6.07 Å². The van der Waals surface area contributed by atoms with Crippen molar-refractivity contribution in [2.24, 2.45) is 5.84 Å². The fourth-order valence-electron chi connectivity index (χ4n) is 1.47. The SMILES string of the molecule is CC(C)Oc1nc(NN)nc(Nc2c(F)cccc2Br)n1. The molecule has 9 heteroatoms. The average Bonchev–Trinajstić information content (AvgIpc) is 2.42. The molecule has 0 spiro atoms. The molecule has 0 saturated carbocycles. The summed E-state index contributed by atoms with van der Waals surface area (Å²) < 4.78 is 19.7. The fraction of sp³-hybridized carbons (Fsp3) is 0.250. The van der Waals surface area contributed by atoms with Gasteiger partial charge in [-0.05, 0) is 41.9 Å². The van der Waals surface area contributed by atoms with E-state index in [-0.39, 0.29) is 29.7 Å². The Balaban J connectivity index is 2.35. The van der Waals surface area contributed by atoms with Crippen molar-refractivity contribution in [2.45, 2.75) is 20.0 Å². The summed E-state index contributed by atoms with van der Waals surface area (Å²) in [6.07, 6.45) is -0.119. The van der Waals surface area contributed by atoms with E-state index in [1.54, 1.807) is 12.1 Å². The van der Waals surface area contributed by atoms with Gasteiger partial charge < -0.3 is 10.1 Å². The molecule has 0 saturated heterocycles. The molecule has 2 rings (SSSR count). The van der Waals surface area contributed by atoms with Crippen LogP contribution in [0.4, 0.5) is 22.0 Å². The summed E-state index contributed by atoms with van der Waals surface area (Å²) in [6, 6.07) is 4.68. The maximum Gasteiger partial charge on any atom is 0.323 e. The third-order valence-corrected chi connectivity index (χ3v) is 2.95. The van der Waals surface area contributed by atoms with E-state index >= 15 is 0 Å². The van der Waals surface area contributed by atoms with E-state index in [2.05, 4.69) is 41.6 Å². The molecule has 2 aromatic rings. The second-order valence-electron chi connectivity index (χ2n) is 4.30. The summed E-state index contributed by atoms with van der Waals surface area (Å²) in [7, 11) is 0. The number of nitrogens with two attached hydrogens (primary N) is 1. The first-order chi connectivity index (χ1) is 9.99. The van der Waals surface area contributed by atoms with Crippen molar-refractivity contribution in [3.05, 3.63) is 28.5 Å². The van der Waals surface area contributed by atoms with Crippen LogP contribution in [0.3, 0.4) is 0 Å². The molecule has 7 nitrogen and oxygen atoms in total. The van der Waals surface area contributed by atoms with Crippen molar-refractivity contribution in [1.29, 1.82) is 0 Å². The minimum atomic E-state index is -0.446. The highest BCUT2D eigenvalue weighted by Crippen LogP contribution is 2.27. The predicted molar refractivity (Wildman–Crippen MR) is 80.8 cm³/mol. The van der Waals surface area contributed by atoms with E-state index < -0.39 is 5.82 Å². The molecule has 0 atom stereocenters. The first-order valence-electron chi connectivity index (χ1n) is 6.10. The van der Waals surface area contributed by atoms with Crippen molar-refractivity contribution in [2.75, 3.05) is 10.7 Å². The number of rotatable bonds is 5. The topological polar surface area (TPSA) is 98.0 Å². The summed E-state index contributed by atoms with van der Waals surface area (Å²) in [5.74, 6) is 5.07. The maximum absolute atomic E-state index is 13.8. The number of ether oxygens (including phenoxy) is 1. The van der Waals surface area contributed by atoms with Gasteiger partial charge in [-0.1, -0.05) is 6.07 Å². The van der Waals surface area contributed by atoms with Crippen LogP contribution in [0.1, 0.15) is 13.8 Å². The predicted octanol–water partition coefficient (Wildman–Crippen LogP) is 2.59. The van der Waals surface area contributed by atoms with Crippen molar-refractivity contribution in [1.82, 2.24) is 15.0 Å². The minimum Gasteiger partial charge on any atom is -0.461 e. The van der Waals surface area contributed by atoms with Gasteiger partial charge in [0.1, 0.15) is 5.82 Å². The third kappa shape index (κ3) is 3.99. The molecular weight excluding hydrogens is 343 g/mol. The van der Waals surface area contributed by atoms with Crippen LogP contribution in [0.5, 0.6) is 6.01 Å². The highest BCUT2D eigenvalue weighted by Gasteiger charge is 2.12. The Bertz CT molecular complexity index is 619. The Morgan fingerprint density at radius 3 is 2.57 bits per heavy atom. The fourth-order valence-corrected chi connectivity index (χ4v) is 1.91. The molecule has 112 valence electrons. The standard InChI is InChI=1S/C12H14BrFN6O/c1-6(2)21-12-18-10(17-11(19-12)20-15)16-9-7(13)4-3-5-8(9)14/h3-6H,15H2,1-2H3,(H2,16,17,18,19,20). The lowest BCUT2D eigenvalue weighted by molar-refractivity contribution is 0.222. The molecule has 0 aliphatic carbocycles. The van der Waals surface area contributed by atoms with Crippen LogP contribution < -0.4 is 21.3 Å². The molecule has 4 N–H and O–H groups in total. The number of aromatic nitrogens is 3. The van der Waals surface area contributed by atoms with E-state index in [1.807, 2.05) is 13.8 Å². The Hall–Kier alpha value is -2.00. The number of para-hydroxylation sites is 1. The molecular formula is C12H14BrFN6O. The van der Waals surface area contributed by atoms with Crippen molar-refractivity contribution in [3.63, 3.8) is 0 Å². The average molecular weight is 357 g/mol. The molecule has 0 fully saturated rings. The normalized spacial score (nSPS) is 10.6. The minimum absolute atomic E-state index is 0.0860. The van der Waals surface area contributed by atoms with Gasteiger partial charge in [0.15, 0.2) is 0 Å². The Kier molecular flexibility index (Phi) is 4.86. The van der Waals surface area contributed by atoms with E-state index in [0.29, 0.717) is 4.47 Å². The highest BCUT2D eigenvalue weighted by molar-refractivity contribution is 9.10. The second kappa shape index (κ2) is 6.64. The summed E-state index contributed by atoms with van der Waals surface area (Å²) in [5, 5.41) is 2.77. The molecule has 21 heavy (non-hydrogen) atoms. The van der Waals surface area contributed by atoms with Crippen LogP contribution in [0.15, 0.2) is 22.7 Å². The van der Waals surface area contributed by atoms with Gasteiger partial charge in [0.25, 0.3) is 0 Å². The molecule has 1 aromatic carbocycles. The third-order valence-electron chi connectivity index (χ3n) is 2.28. The van der Waals surface area contributed by atoms with Gasteiger partial charge in [-0.15, -0.1) is 0 Å². The largest absolute Gasteiger partial charge is 0.461 e. The van der Waals surface area contributed by atoms with Crippen LogP contribution in [0.25, 0.3) is 0 Å². The van der Waals surface area contributed by atoms with E-state index in [0.717, 1.165) is 0 Å². The van der Waals surface area contributed by atoms with Crippen LogP contribution >= 0.6 is 15.9 Å². The van der Waals surface area contributed by atoms with Crippen LogP contribution in [0, 0.1) is 5.82 Å². The number of hydrogen-bond donors (Lipinski definition) is 3. The molecule has 0 aliphatic heterocycles.